The number of fused-ring (bicyclic) bond motifs is 1. The number of carbonyl (C=O) groups excluding carboxylic acids is 2. The van der Waals surface area contributed by atoms with Crippen LogP contribution in [0.2, 0.25) is 0 Å². The molecule has 0 saturated carbocycles. The molecule has 0 unspecified atom stereocenters. The average molecular weight is 361 g/mol. The summed E-state index contributed by atoms with van der Waals surface area (Å²) in [5, 5.41) is 5.43. The standard InChI is InChI=1S/C18H19NO3S2/c1-22-18(21)16-13-7-3-2-4-8-14(13)24-17(16)19-15(20)10-9-12-6-5-11-23-12/h5-6,9-11H,2-4,7-8H2,1H3,(H,19,20)/b10-9+. The van der Waals surface area contributed by atoms with Crippen molar-refractivity contribution in [2.75, 3.05) is 12.4 Å². The number of hydrogen-bond acceptors (Lipinski definition) is 5. The monoisotopic (exact) mass is 361 g/mol. The minimum atomic E-state index is -0.369. The lowest BCUT2D eigenvalue weighted by molar-refractivity contribution is -0.111. The highest BCUT2D eigenvalue weighted by Gasteiger charge is 2.25. The van der Waals surface area contributed by atoms with Gasteiger partial charge in [0.1, 0.15) is 5.00 Å². The van der Waals surface area contributed by atoms with E-state index in [-0.39, 0.29) is 11.9 Å². The molecule has 0 aliphatic heterocycles. The maximum absolute atomic E-state index is 12.2. The summed E-state index contributed by atoms with van der Waals surface area (Å²) < 4.78 is 4.94. The molecule has 24 heavy (non-hydrogen) atoms. The fourth-order valence-corrected chi connectivity index (χ4v) is 4.74. The predicted octanol–water partition coefficient (Wildman–Crippen LogP) is 4.52. The predicted molar refractivity (Wildman–Crippen MR) is 98.9 cm³/mol. The number of methoxy groups -OCH3 is 1. The van der Waals surface area contributed by atoms with E-state index in [0.717, 1.165) is 36.1 Å². The third kappa shape index (κ3) is 3.76. The molecular formula is C18H19NO3S2. The molecule has 1 N–H and O–H groups in total. The maximum Gasteiger partial charge on any atom is 0.341 e. The van der Waals surface area contributed by atoms with Gasteiger partial charge in [-0.15, -0.1) is 22.7 Å². The number of rotatable bonds is 4. The Morgan fingerprint density at radius 2 is 2.08 bits per heavy atom. The summed E-state index contributed by atoms with van der Waals surface area (Å²) in [7, 11) is 1.38. The van der Waals surface area contributed by atoms with Crippen LogP contribution in [0.15, 0.2) is 23.6 Å². The second-order valence-electron chi connectivity index (χ2n) is 5.60. The first-order valence-electron chi connectivity index (χ1n) is 7.94. The first-order chi connectivity index (χ1) is 11.7. The Morgan fingerprint density at radius 1 is 1.25 bits per heavy atom. The maximum atomic E-state index is 12.2. The average Bonchev–Trinajstić information content (AvgIpc) is 3.15. The van der Waals surface area contributed by atoms with Crippen molar-refractivity contribution in [3.63, 3.8) is 0 Å². The summed E-state index contributed by atoms with van der Waals surface area (Å²) in [6.45, 7) is 0. The highest BCUT2D eigenvalue weighted by Crippen LogP contribution is 2.37. The molecule has 0 bridgehead atoms. The Labute approximate surface area is 149 Å². The molecule has 2 heterocycles. The van der Waals surface area contributed by atoms with Crippen molar-refractivity contribution in [2.45, 2.75) is 32.1 Å². The van der Waals surface area contributed by atoms with Gasteiger partial charge in [-0.1, -0.05) is 12.5 Å². The van der Waals surface area contributed by atoms with E-state index in [2.05, 4.69) is 5.32 Å². The number of anilines is 1. The van der Waals surface area contributed by atoms with E-state index in [0.29, 0.717) is 10.6 Å². The summed E-state index contributed by atoms with van der Waals surface area (Å²) in [5.74, 6) is -0.600. The fraction of sp³-hybridized carbons (Fsp3) is 0.333. The molecule has 4 nitrogen and oxygen atoms in total. The molecule has 0 fully saturated rings. The summed E-state index contributed by atoms with van der Waals surface area (Å²) in [6.07, 6.45) is 8.47. The van der Waals surface area contributed by atoms with Crippen LogP contribution in [0.4, 0.5) is 5.00 Å². The SMILES string of the molecule is COC(=O)c1c(NC(=O)/C=C/c2cccs2)sc2c1CCCCC2. The van der Waals surface area contributed by atoms with E-state index in [9.17, 15) is 9.59 Å². The Hall–Kier alpha value is -1.92. The number of esters is 1. The van der Waals surface area contributed by atoms with Gasteiger partial charge in [0.2, 0.25) is 5.91 Å². The van der Waals surface area contributed by atoms with Crippen molar-refractivity contribution < 1.29 is 14.3 Å². The van der Waals surface area contributed by atoms with Gasteiger partial charge in [0.05, 0.1) is 12.7 Å². The summed E-state index contributed by atoms with van der Waals surface area (Å²) in [4.78, 5) is 26.6. The van der Waals surface area contributed by atoms with Crippen LogP contribution in [-0.2, 0) is 22.4 Å². The lowest BCUT2D eigenvalue weighted by atomic mass is 10.1. The quantitative estimate of drug-likeness (QED) is 0.495. The lowest BCUT2D eigenvalue weighted by Gasteiger charge is -2.06. The molecule has 0 aromatic carbocycles. The van der Waals surface area contributed by atoms with Crippen LogP contribution < -0.4 is 5.32 Å². The van der Waals surface area contributed by atoms with Gasteiger partial charge in [-0.25, -0.2) is 4.79 Å². The summed E-state index contributed by atoms with van der Waals surface area (Å²) in [6, 6.07) is 3.88. The molecule has 1 aliphatic carbocycles. The number of ether oxygens (including phenoxy) is 1. The molecule has 0 saturated heterocycles. The molecule has 6 heteroatoms. The smallest absolute Gasteiger partial charge is 0.341 e. The Bertz CT molecular complexity index is 760. The molecule has 126 valence electrons. The fourth-order valence-electron chi connectivity index (χ4n) is 2.85. The number of hydrogen-bond donors (Lipinski definition) is 1. The second-order valence-corrected chi connectivity index (χ2v) is 7.68. The third-order valence-electron chi connectivity index (χ3n) is 3.99. The van der Waals surface area contributed by atoms with Crippen LogP contribution in [0.5, 0.6) is 0 Å². The van der Waals surface area contributed by atoms with Crippen LogP contribution >= 0.6 is 22.7 Å². The second kappa shape index (κ2) is 7.77. The van der Waals surface area contributed by atoms with E-state index >= 15 is 0 Å². The van der Waals surface area contributed by atoms with E-state index in [4.69, 9.17) is 4.74 Å². The van der Waals surface area contributed by atoms with Gasteiger partial charge in [0.15, 0.2) is 0 Å². The van der Waals surface area contributed by atoms with Gasteiger partial charge in [-0.05, 0) is 48.8 Å². The van der Waals surface area contributed by atoms with Crippen LogP contribution in [0.25, 0.3) is 6.08 Å². The van der Waals surface area contributed by atoms with Crippen molar-refractivity contribution in [2.24, 2.45) is 0 Å². The molecule has 0 spiro atoms. The first kappa shape index (κ1) is 16.9. The van der Waals surface area contributed by atoms with Gasteiger partial charge in [0, 0.05) is 15.8 Å². The molecule has 3 rings (SSSR count). The Morgan fingerprint density at radius 3 is 2.83 bits per heavy atom. The zero-order chi connectivity index (χ0) is 16.9. The molecule has 2 aromatic rings. The van der Waals surface area contributed by atoms with Crippen molar-refractivity contribution >= 4 is 45.6 Å². The number of carbonyl (C=O) groups is 2. The van der Waals surface area contributed by atoms with E-state index < -0.39 is 0 Å². The molecular weight excluding hydrogens is 342 g/mol. The molecule has 0 radical (unpaired) electrons. The first-order valence-corrected chi connectivity index (χ1v) is 9.64. The van der Waals surface area contributed by atoms with Crippen LogP contribution in [0.3, 0.4) is 0 Å². The summed E-state index contributed by atoms with van der Waals surface area (Å²) in [5.41, 5.74) is 1.60. The minimum absolute atomic E-state index is 0.232. The largest absolute Gasteiger partial charge is 0.465 e. The topological polar surface area (TPSA) is 55.4 Å². The zero-order valence-corrected chi connectivity index (χ0v) is 15.1. The number of aryl methyl sites for hydroxylation is 1. The van der Waals surface area contributed by atoms with Crippen molar-refractivity contribution in [1.82, 2.24) is 0 Å². The zero-order valence-electron chi connectivity index (χ0n) is 13.5. The summed E-state index contributed by atoms with van der Waals surface area (Å²) >= 11 is 3.08. The molecule has 2 aromatic heterocycles. The number of amides is 1. The van der Waals surface area contributed by atoms with E-state index in [1.54, 1.807) is 17.4 Å². The van der Waals surface area contributed by atoms with Gasteiger partial charge in [-0.2, -0.15) is 0 Å². The molecule has 1 aliphatic rings. The lowest BCUT2D eigenvalue weighted by Crippen LogP contribution is -2.12. The van der Waals surface area contributed by atoms with Gasteiger partial charge in [-0.3, -0.25) is 4.79 Å². The van der Waals surface area contributed by atoms with Gasteiger partial charge in [0.25, 0.3) is 0 Å². The van der Waals surface area contributed by atoms with E-state index in [1.165, 1.54) is 35.8 Å². The van der Waals surface area contributed by atoms with Crippen LogP contribution in [-0.4, -0.2) is 19.0 Å². The Balaban J connectivity index is 1.84. The van der Waals surface area contributed by atoms with Crippen molar-refractivity contribution in [3.8, 4) is 0 Å². The molecule has 0 atom stereocenters. The normalized spacial score (nSPS) is 14.2. The number of thiophene rings is 2. The van der Waals surface area contributed by atoms with Crippen LogP contribution in [0.1, 0.15) is 44.9 Å². The minimum Gasteiger partial charge on any atom is -0.465 e. The number of nitrogens with one attached hydrogen (secondary N) is 1. The van der Waals surface area contributed by atoms with Crippen LogP contribution in [0, 0.1) is 0 Å². The van der Waals surface area contributed by atoms with Gasteiger partial charge < -0.3 is 10.1 Å². The Kier molecular flexibility index (Phi) is 5.48. The van der Waals surface area contributed by atoms with Gasteiger partial charge >= 0.3 is 5.97 Å². The molecule has 1 amide bonds. The highest BCUT2D eigenvalue weighted by atomic mass is 32.1. The van der Waals surface area contributed by atoms with E-state index in [1.807, 2.05) is 17.5 Å². The highest BCUT2D eigenvalue weighted by molar-refractivity contribution is 7.17. The van der Waals surface area contributed by atoms with Crippen molar-refractivity contribution in [1.29, 1.82) is 0 Å². The van der Waals surface area contributed by atoms with Crippen molar-refractivity contribution in [3.05, 3.63) is 44.5 Å². The third-order valence-corrected chi connectivity index (χ3v) is 6.03.